The number of nitrogens with one attached hydrogen (secondary N) is 1. The van der Waals surface area contributed by atoms with Crippen molar-refractivity contribution in [2.75, 3.05) is 19.7 Å². The van der Waals surface area contributed by atoms with Gasteiger partial charge in [-0.15, -0.1) is 0 Å². The van der Waals surface area contributed by atoms with Crippen LogP contribution in [0.25, 0.3) is 0 Å². The molecule has 5 nitrogen and oxygen atoms in total. The number of aromatic nitrogens is 2. The van der Waals surface area contributed by atoms with Gasteiger partial charge in [0.25, 0.3) is 0 Å². The Morgan fingerprint density at radius 1 is 1.59 bits per heavy atom. The highest BCUT2D eigenvalue weighted by atomic mass is 16.5. The SMILES string of the molecule is CCOC(=O)C1CNCC1c1nccn1CC. The molecule has 1 N–H and O–H groups in total. The van der Waals surface area contributed by atoms with E-state index in [1.54, 1.807) is 6.20 Å². The molecule has 17 heavy (non-hydrogen) atoms. The number of carbonyl (C=O) groups is 1. The first-order valence-electron chi connectivity index (χ1n) is 6.16. The standard InChI is InChI=1S/C12H19N3O2/c1-3-15-6-5-14-11(15)9-7-13-8-10(9)12(16)17-4-2/h5-6,9-10,13H,3-4,7-8H2,1-2H3. The second kappa shape index (κ2) is 5.31. The quantitative estimate of drug-likeness (QED) is 0.786. The molecule has 0 bridgehead atoms. The Morgan fingerprint density at radius 2 is 2.41 bits per heavy atom. The molecule has 0 radical (unpaired) electrons. The van der Waals surface area contributed by atoms with E-state index >= 15 is 0 Å². The average molecular weight is 237 g/mol. The Labute approximate surface area is 101 Å². The number of ether oxygens (including phenoxy) is 1. The van der Waals surface area contributed by atoms with E-state index in [9.17, 15) is 4.79 Å². The van der Waals surface area contributed by atoms with Crippen molar-refractivity contribution < 1.29 is 9.53 Å². The second-order valence-corrected chi connectivity index (χ2v) is 4.19. The number of imidazole rings is 1. The number of esters is 1. The molecule has 0 amide bonds. The maximum atomic E-state index is 11.9. The Morgan fingerprint density at radius 3 is 3.12 bits per heavy atom. The molecule has 2 rings (SSSR count). The molecule has 2 atom stereocenters. The van der Waals surface area contributed by atoms with Crippen molar-refractivity contribution in [3.63, 3.8) is 0 Å². The largest absolute Gasteiger partial charge is 0.466 e. The summed E-state index contributed by atoms with van der Waals surface area (Å²) in [5.74, 6) is 0.885. The Bertz CT molecular complexity index is 389. The lowest BCUT2D eigenvalue weighted by Gasteiger charge is -2.17. The van der Waals surface area contributed by atoms with E-state index in [-0.39, 0.29) is 17.8 Å². The number of carbonyl (C=O) groups excluding carboxylic acids is 1. The van der Waals surface area contributed by atoms with Gasteiger partial charge in [0.05, 0.1) is 12.5 Å². The van der Waals surface area contributed by atoms with Gasteiger partial charge in [-0.05, 0) is 13.8 Å². The third-order valence-corrected chi connectivity index (χ3v) is 3.22. The van der Waals surface area contributed by atoms with E-state index < -0.39 is 0 Å². The van der Waals surface area contributed by atoms with Crippen molar-refractivity contribution in [1.82, 2.24) is 14.9 Å². The normalized spacial score (nSPS) is 23.9. The fourth-order valence-electron chi connectivity index (χ4n) is 2.36. The zero-order valence-electron chi connectivity index (χ0n) is 10.3. The monoisotopic (exact) mass is 237 g/mol. The number of nitrogens with zero attached hydrogens (tertiary/aromatic N) is 2. The van der Waals surface area contributed by atoms with Crippen molar-refractivity contribution >= 4 is 5.97 Å². The van der Waals surface area contributed by atoms with Gasteiger partial charge in [0.2, 0.25) is 0 Å². The fourth-order valence-corrected chi connectivity index (χ4v) is 2.36. The lowest BCUT2D eigenvalue weighted by molar-refractivity contribution is -0.147. The summed E-state index contributed by atoms with van der Waals surface area (Å²) in [5.41, 5.74) is 0. The Kier molecular flexibility index (Phi) is 3.78. The molecule has 1 aliphatic heterocycles. The zero-order valence-corrected chi connectivity index (χ0v) is 10.3. The fraction of sp³-hybridized carbons (Fsp3) is 0.667. The highest BCUT2D eigenvalue weighted by molar-refractivity contribution is 5.74. The predicted octanol–water partition coefficient (Wildman–Crippen LogP) is 0.769. The van der Waals surface area contributed by atoms with Crippen molar-refractivity contribution in [3.05, 3.63) is 18.2 Å². The average Bonchev–Trinajstić information content (AvgIpc) is 2.97. The molecule has 1 aromatic heterocycles. The molecular weight excluding hydrogens is 218 g/mol. The molecule has 5 heteroatoms. The van der Waals surface area contributed by atoms with Crippen LogP contribution in [0.15, 0.2) is 12.4 Å². The van der Waals surface area contributed by atoms with Crippen LogP contribution in [-0.4, -0.2) is 35.2 Å². The Balaban J connectivity index is 2.17. The number of aryl methyl sites for hydroxylation is 1. The first kappa shape index (κ1) is 12.1. The third kappa shape index (κ3) is 2.34. The number of hydrogen-bond acceptors (Lipinski definition) is 4. The van der Waals surface area contributed by atoms with E-state index in [0.29, 0.717) is 13.2 Å². The first-order valence-corrected chi connectivity index (χ1v) is 6.16. The van der Waals surface area contributed by atoms with Crippen LogP contribution in [-0.2, 0) is 16.1 Å². The van der Waals surface area contributed by atoms with Gasteiger partial charge < -0.3 is 14.6 Å². The number of hydrogen-bond donors (Lipinski definition) is 1. The van der Waals surface area contributed by atoms with Crippen LogP contribution in [0.1, 0.15) is 25.6 Å². The molecular formula is C12H19N3O2. The molecule has 2 unspecified atom stereocenters. The zero-order chi connectivity index (χ0) is 12.3. The van der Waals surface area contributed by atoms with Crippen LogP contribution in [0.2, 0.25) is 0 Å². The predicted molar refractivity (Wildman–Crippen MR) is 63.6 cm³/mol. The summed E-state index contributed by atoms with van der Waals surface area (Å²) in [4.78, 5) is 16.2. The summed E-state index contributed by atoms with van der Waals surface area (Å²) in [5, 5.41) is 3.25. The molecule has 2 heterocycles. The van der Waals surface area contributed by atoms with Gasteiger partial charge in [-0.3, -0.25) is 4.79 Å². The molecule has 1 fully saturated rings. The third-order valence-electron chi connectivity index (χ3n) is 3.22. The minimum atomic E-state index is -0.117. The minimum absolute atomic E-state index is 0.109. The van der Waals surface area contributed by atoms with E-state index in [4.69, 9.17) is 4.74 Å². The van der Waals surface area contributed by atoms with Gasteiger partial charge in [0.1, 0.15) is 5.82 Å². The topological polar surface area (TPSA) is 56.1 Å². The first-order chi connectivity index (χ1) is 8.27. The van der Waals surface area contributed by atoms with Crippen molar-refractivity contribution in [3.8, 4) is 0 Å². The summed E-state index contributed by atoms with van der Waals surface area (Å²) in [7, 11) is 0. The highest BCUT2D eigenvalue weighted by Crippen LogP contribution is 2.28. The van der Waals surface area contributed by atoms with E-state index in [1.807, 2.05) is 13.1 Å². The van der Waals surface area contributed by atoms with Crippen molar-refractivity contribution in [2.45, 2.75) is 26.3 Å². The van der Waals surface area contributed by atoms with Gasteiger partial charge >= 0.3 is 5.97 Å². The van der Waals surface area contributed by atoms with Gasteiger partial charge in [-0.2, -0.15) is 0 Å². The van der Waals surface area contributed by atoms with Crippen LogP contribution in [0, 0.1) is 5.92 Å². The van der Waals surface area contributed by atoms with Gasteiger partial charge in [0, 0.05) is 37.9 Å². The maximum Gasteiger partial charge on any atom is 0.311 e. The summed E-state index contributed by atoms with van der Waals surface area (Å²) in [6, 6.07) is 0. The summed E-state index contributed by atoms with van der Waals surface area (Å²) in [6.45, 7) is 6.70. The van der Waals surface area contributed by atoms with E-state index in [2.05, 4.69) is 21.8 Å². The van der Waals surface area contributed by atoms with Crippen molar-refractivity contribution in [1.29, 1.82) is 0 Å². The lowest BCUT2D eigenvalue weighted by atomic mass is 9.95. The molecule has 0 aliphatic carbocycles. The second-order valence-electron chi connectivity index (χ2n) is 4.19. The van der Waals surface area contributed by atoms with E-state index in [1.165, 1.54) is 0 Å². The molecule has 1 aromatic rings. The van der Waals surface area contributed by atoms with Gasteiger partial charge in [0.15, 0.2) is 0 Å². The Hall–Kier alpha value is -1.36. The smallest absolute Gasteiger partial charge is 0.311 e. The molecule has 0 saturated carbocycles. The van der Waals surface area contributed by atoms with Crippen LogP contribution in [0.3, 0.4) is 0 Å². The molecule has 1 saturated heterocycles. The van der Waals surface area contributed by atoms with Gasteiger partial charge in [-0.25, -0.2) is 4.98 Å². The highest BCUT2D eigenvalue weighted by Gasteiger charge is 2.37. The summed E-state index contributed by atoms with van der Waals surface area (Å²) >= 11 is 0. The van der Waals surface area contributed by atoms with E-state index in [0.717, 1.165) is 18.9 Å². The lowest BCUT2D eigenvalue weighted by Crippen LogP contribution is -2.25. The van der Waals surface area contributed by atoms with Crippen LogP contribution in [0.5, 0.6) is 0 Å². The maximum absolute atomic E-state index is 11.9. The minimum Gasteiger partial charge on any atom is -0.466 e. The van der Waals surface area contributed by atoms with Crippen LogP contribution in [0.4, 0.5) is 0 Å². The molecule has 0 spiro atoms. The van der Waals surface area contributed by atoms with Crippen LogP contribution < -0.4 is 5.32 Å². The molecule has 94 valence electrons. The van der Waals surface area contributed by atoms with Crippen LogP contribution >= 0.6 is 0 Å². The number of rotatable bonds is 4. The summed E-state index contributed by atoms with van der Waals surface area (Å²) in [6.07, 6.45) is 3.75. The van der Waals surface area contributed by atoms with Crippen molar-refractivity contribution in [2.24, 2.45) is 5.92 Å². The molecule has 1 aliphatic rings. The summed E-state index contributed by atoms with van der Waals surface area (Å²) < 4.78 is 7.20. The van der Waals surface area contributed by atoms with Gasteiger partial charge in [-0.1, -0.05) is 0 Å². The molecule has 0 aromatic carbocycles.